The first kappa shape index (κ1) is 9.81. The molecule has 0 aromatic carbocycles. The molecule has 3 atom stereocenters. The third kappa shape index (κ3) is 1.12. The summed E-state index contributed by atoms with van der Waals surface area (Å²) in [4.78, 5) is 11.2. The first-order valence-electron chi connectivity index (χ1n) is 4.06. The Balaban J connectivity index is 0.000000720. The predicted molar refractivity (Wildman–Crippen MR) is 47.0 cm³/mol. The van der Waals surface area contributed by atoms with Crippen molar-refractivity contribution in [1.82, 2.24) is 0 Å². The molecular weight excluding hydrogens is 178 g/mol. The zero-order valence-electron chi connectivity index (χ0n) is 7.08. The van der Waals surface area contributed by atoms with Gasteiger partial charge in [-0.25, -0.2) is 0 Å². The molecule has 12 heavy (non-hydrogen) atoms. The summed E-state index contributed by atoms with van der Waals surface area (Å²) in [6, 6.07) is 0. The highest BCUT2D eigenvalue weighted by atomic mass is 35.5. The largest absolute Gasteiger partial charge is 0.468 e. The van der Waals surface area contributed by atoms with Crippen LogP contribution in [-0.2, 0) is 9.53 Å². The highest BCUT2D eigenvalue weighted by molar-refractivity contribution is 5.85. The Morgan fingerprint density at radius 3 is 2.67 bits per heavy atom. The Hall–Kier alpha value is -0.280. The molecular formula is C8H14ClNO2. The molecule has 2 rings (SSSR count). The maximum Gasteiger partial charge on any atom is 0.326 e. The number of esters is 1. The zero-order chi connectivity index (χ0) is 8.06. The van der Waals surface area contributed by atoms with Gasteiger partial charge >= 0.3 is 5.97 Å². The van der Waals surface area contributed by atoms with Gasteiger partial charge in [0, 0.05) is 0 Å². The van der Waals surface area contributed by atoms with Gasteiger partial charge in [0.05, 0.1) is 7.11 Å². The van der Waals surface area contributed by atoms with Crippen molar-refractivity contribution in [2.75, 3.05) is 7.11 Å². The maximum atomic E-state index is 11.2. The first-order valence-corrected chi connectivity index (χ1v) is 4.06. The quantitative estimate of drug-likeness (QED) is 0.622. The van der Waals surface area contributed by atoms with Crippen LogP contribution in [0.4, 0.5) is 0 Å². The fourth-order valence-corrected chi connectivity index (χ4v) is 2.25. The second kappa shape index (κ2) is 2.89. The molecule has 2 N–H and O–H groups in total. The van der Waals surface area contributed by atoms with Gasteiger partial charge in [-0.15, -0.1) is 12.4 Å². The lowest BCUT2D eigenvalue weighted by atomic mass is 9.95. The zero-order valence-corrected chi connectivity index (χ0v) is 7.89. The molecule has 0 aromatic rings. The third-order valence-electron chi connectivity index (χ3n) is 3.08. The average molecular weight is 192 g/mol. The fourth-order valence-electron chi connectivity index (χ4n) is 2.25. The van der Waals surface area contributed by atoms with Crippen molar-refractivity contribution in [3.05, 3.63) is 0 Å². The van der Waals surface area contributed by atoms with Crippen molar-refractivity contribution < 1.29 is 9.53 Å². The number of halogens is 1. The Morgan fingerprint density at radius 1 is 1.67 bits per heavy atom. The van der Waals surface area contributed by atoms with Crippen molar-refractivity contribution in [3.8, 4) is 0 Å². The summed E-state index contributed by atoms with van der Waals surface area (Å²) in [5.74, 6) is 0.927. The molecule has 3 unspecified atom stereocenters. The van der Waals surface area contributed by atoms with Crippen LogP contribution in [0.3, 0.4) is 0 Å². The Morgan fingerprint density at radius 2 is 2.33 bits per heavy atom. The second-order valence-electron chi connectivity index (χ2n) is 3.67. The van der Waals surface area contributed by atoms with Crippen LogP contribution in [0.2, 0.25) is 0 Å². The van der Waals surface area contributed by atoms with Crippen LogP contribution in [0.25, 0.3) is 0 Å². The molecule has 0 amide bonds. The van der Waals surface area contributed by atoms with E-state index in [9.17, 15) is 4.79 Å². The Bertz CT molecular complexity index is 209. The van der Waals surface area contributed by atoms with E-state index in [-0.39, 0.29) is 18.4 Å². The van der Waals surface area contributed by atoms with E-state index in [0.29, 0.717) is 5.92 Å². The van der Waals surface area contributed by atoms with Crippen molar-refractivity contribution >= 4 is 18.4 Å². The maximum absolute atomic E-state index is 11.2. The molecule has 0 spiro atoms. The van der Waals surface area contributed by atoms with Crippen LogP contribution in [0.1, 0.15) is 19.3 Å². The molecule has 0 saturated heterocycles. The summed E-state index contributed by atoms with van der Waals surface area (Å²) in [5.41, 5.74) is 5.30. The van der Waals surface area contributed by atoms with Gasteiger partial charge in [-0.05, 0) is 31.1 Å². The van der Waals surface area contributed by atoms with Crippen molar-refractivity contribution in [2.45, 2.75) is 24.8 Å². The number of nitrogens with two attached hydrogens (primary N) is 1. The summed E-state index contributed by atoms with van der Waals surface area (Å²) in [5, 5.41) is 0. The minimum Gasteiger partial charge on any atom is -0.468 e. The molecule has 4 heteroatoms. The molecule has 3 nitrogen and oxygen atoms in total. The lowest BCUT2D eigenvalue weighted by Crippen LogP contribution is -2.49. The van der Waals surface area contributed by atoms with E-state index >= 15 is 0 Å². The highest BCUT2D eigenvalue weighted by Crippen LogP contribution is 2.56. The SMILES string of the molecule is COC(=O)C1(N)CCC2CC21.Cl. The summed E-state index contributed by atoms with van der Waals surface area (Å²) in [6.07, 6.45) is 3.05. The predicted octanol–water partition coefficient (Wildman–Crippen LogP) is 0.709. The summed E-state index contributed by atoms with van der Waals surface area (Å²) >= 11 is 0. The summed E-state index contributed by atoms with van der Waals surface area (Å²) < 4.78 is 4.67. The van der Waals surface area contributed by atoms with E-state index in [1.54, 1.807) is 0 Å². The van der Waals surface area contributed by atoms with Gasteiger partial charge in [0.1, 0.15) is 5.54 Å². The molecule has 70 valence electrons. The highest BCUT2D eigenvalue weighted by Gasteiger charge is 2.60. The smallest absolute Gasteiger partial charge is 0.326 e. The molecule has 2 aliphatic rings. The first-order chi connectivity index (χ1) is 5.18. The Kier molecular flexibility index (Phi) is 2.36. The van der Waals surface area contributed by atoms with Gasteiger partial charge in [0.2, 0.25) is 0 Å². The van der Waals surface area contributed by atoms with E-state index in [0.717, 1.165) is 25.2 Å². The second-order valence-corrected chi connectivity index (χ2v) is 3.67. The number of carbonyl (C=O) groups is 1. The van der Waals surface area contributed by atoms with Gasteiger partial charge in [-0.1, -0.05) is 0 Å². The lowest BCUT2D eigenvalue weighted by Gasteiger charge is -2.21. The van der Waals surface area contributed by atoms with Gasteiger partial charge in [0.25, 0.3) is 0 Å². The average Bonchev–Trinajstić information content (AvgIpc) is 2.73. The number of fused-ring (bicyclic) bond motifs is 1. The van der Waals surface area contributed by atoms with Crippen molar-refractivity contribution in [3.63, 3.8) is 0 Å². The van der Waals surface area contributed by atoms with Crippen LogP contribution in [-0.4, -0.2) is 18.6 Å². The normalized spacial score (nSPS) is 42.8. The van der Waals surface area contributed by atoms with E-state index < -0.39 is 5.54 Å². The molecule has 0 aliphatic heterocycles. The molecule has 0 bridgehead atoms. The van der Waals surface area contributed by atoms with Crippen LogP contribution < -0.4 is 5.73 Å². The number of methoxy groups -OCH3 is 1. The standard InChI is InChI=1S/C8H13NO2.ClH/c1-11-7(10)8(9)3-2-5-4-6(5)8;/h5-6H,2-4,9H2,1H3;1H. The number of carbonyl (C=O) groups excluding carboxylic acids is 1. The van der Waals surface area contributed by atoms with Crippen molar-refractivity contribution in [1.29, 1.82) is 0 Å². The van der Waals surface area contributed by atoms with E-state index in [1.165, 1.54) is 7.11 Å². The minimum atomic E-state index is -0.626. The number of hydrogen-bond acceptors (Lipinski definition) is 3. The fraction of sp³-hybridized carbons (Fsp3) is 0.875. The van der Waals surface area contributed by atoms with Crippen LogP contribution >= 0.6 is 12.4 Å². The van der Waals surface area contributed by atoms with Crippen LogP contribution in [0, 0.1) is 11.8 Å². The number of rotatable bonds is 1. The minimum absolute atomic E-state index is 0. The molecule has 0 heterocycles. The molecule has 2 fully saturated rings. The summed E-state index contributed by atoms with van der Waals surface area (Å²) in [7, 11) is 1.41. The van der Waals surface area contributed by atoms with Gasteiger partial charge in [-0.2, -0.15) is 0 Å². The van der Waals surface area contributed by atoms with E-state index in [4.69, 9.17) is 5.73 Å². The number of hydrogen-bond donors (Lipinski definition) is 1. The monoisotopic (exact) mass is 191 g/mol. The lowest BCUT2D eigenvalue weighted by molar-refractivity contribution is -0.147. The van der Waals surface area contributed by atoms with E-state index in [2.05, 4.69) is 4.74 Å². The Labute approximate surface area is 78.1 Å². The van der Waals surface area contributed by atoms with Gasteiger partial charge in [-0.3, -0.25) is 4.79 Å². The van der Waals surface area contributed by atoms with Crippen LogP contribution in [0.15, 0.2) is 0 Å². The topological polar surface area (TPSA) is 52.3 Å². The van der Waals surface area contributed by atoms with E-state index in [1.807, 2.05) is 0 Å². The third-order valence-corrected chi connectivity index (χ3v) is 3.08. The molecule has 0 aromatic heterocycles. The van der Waals surface area contributed by atoms with Gasteiger partial charge in [0.15, 0.2) is 0 Å². The number of ether oxygens (including phenoxy) is 1. The molecule has 2 saturated carbocycles. The van der Waals surface area contributed by atoms with Crippen molar-refractivity contribution in [2.24, 2.45) is 17.6 Å². The van der Waals surface area contributed by atoms with Crippen LogP contribution in [0.5, 0.6) is 0 Å². The molecule has 2 aliphatic carbocycles. The van der Waals surface area contributed by atoms with Gasteiger partial charge < -0.3 is 10.5 Å². The molecule has 0 radical (unpaired) electrons. The summed E-state index contributed by atoms with van der Waals surface area (Å²) in [6.45, 7) is 0.